The van der Waals surface area contributed by atoms with Crippen molar-refractivity contribution in [3.05, 3.63) is 24.2 Å². The molecule has 6 nitrogen and oxygen atoms in total. The van der Waals surface area contributed by atoms with Crippen LogP contribution in [0.4, 0.5) is 13.2 Å². The first-order valence-electron chi connectivity index (χ1n) is 6.31. The summed E-state index contributed by atoms with van der Waals surface area (Å²) < 4.78 is 45.5. The summed E-state index contributed by atoms with van der Waals surface area (Å²) in [6, 6.07) is 3.06. The maximum Gasteiger partial charge on any atom is 0.452 e. The minimum absolute atomic E-state index is 0.0214. The maximum atomic E-state index is 13.1. The minimum Gasteiger partial charge on any atom is -0.473 e. The smallest absolute Gasteiger partial charge is 0.452 e. The fourth-order valence-corrected chi connectivity index (χ4v) is 2.08. The molecule has 0 N–H and O–H groups in total. The second-order valence-electron chi connectivity index (χ2n) is 4.51. The van der Waals surface area contributed by atoms with Crippen molar-refractivity contribution in [3.63, 3.8) is 0 Å². The van der Waals surface area contributed by atoms with Gasteiger partial charge in [-0.3, -0.25) is 0 Å². The van der Waals surface area contributed by atoms with Crippen LogP contribution in [0, 0.1) is 0 Å². The number of rotatable bonds is 4. The molecule has 0 fully saturated rings. The lowest BCUT2D eigenvalue weighted by atomic mass is 10.4. The summed E-state index contributed by atoms with van der Waals surface area (Å²) in [5, 5.41) is 6.20. The van der Waals surface area contributed by atoms with Crippen molar-refractivity contribution in [1.82, 2.24) is 24.6 Å². The van der Waals surface area contributed by atoms with Gasteiger partial charge in [-0.2, -0.15) is 13.2 Å². The average molecular weight is 366 g/mol. The summed E-state index contributed by atoms with van der Waals surface area (Å²) in [7, 11) is 0. The quantitative estimate of drug-likeness (QED) is 0.665. The van der Waals surface area contributed by atoms with Gasteiger partial charge in [0.15, 0.2) is 5.65 Å². The molecule has 11 heteroatoms. The molecule has 23 heavy (non-hydrogen) atoms. The number of halogens is 5. The Morgan fingerprint density at radius 1 is 1.26 bits per heavy atom. The van der Waals surface area contributed by atoms with E-state index in [-0.39, 0.29) is 35.2 Å². The Morgan fingerprint density at radius 2 is 2.04 bits per heavy atom. The normalized spacial score (nSPS) is 13.6. The van der Waals surface area contributed by atoms with E-state index < -0.39 is 17.4 Å². The Morgan fingerprint density at radius 3 is 2.74 bits per heavy atom. The van der Waals surface area contributed by atoms with Crippen molar-refractivity contribution in [2.24, 2.45) is 0 Å². The first-order chi connectivity index (χ1) is 10.9. The van der Waals surface area contributed by atoms with Crippen LogP contribution in [-0.2, 0) is 6.18 Å². The van der Waals surface area contributed by atoms with Gasteiger partial charge in [-0.05, 0) is 12.1 Å². The van der Waals surface area contributed by atoms with Gasteiger partial charge in [0.05, 0.1) is 5.38 Å². The molecule has 3 heterocycles. The molecule has 0 radical (unpaired) electrons. The minimum atomic E-state index is -4.70. The highest BCUT2D eigenvalue weighted by Gasteiger charge is 2.38. The number of fused-ring (bicyclic) bond motifs is 3. The maximum absolute atomic E-state index is 13.1. The molecular formula is C12H8Cl2F3N5O. The number of alkyl halides is 5. The van der Waals surface area contributed by atoms with Crippen LogP contribution in [0.1, 0.15) is 5.82 Å². The van der Waals surface area contributed by atoms with Crippen LogP contribution >= 0.6 is 23.2 Å². The molecule has 0 amide bonds. The molecule has 1 atom stereocenters. The van der Waals surface area contributed by atoms with Gasteiger partial charge in [-0.15, -0.1) is 33.4 Å². The van der Waals surface area contributed by atoms with Crippen LogP contribution in [0.25, 0.3) is 16.8 Å². The second-order valence-corrected chi connectivity index (χ2v) is 5.43. The predicted octanol–water partition coefficient (Wildman–Crippen LogP) is 2.92. The lowest BCUT2D eigenvalue weighted by Gasteiger charge is -2.11. The first kappa shape index (κ1) is 16.0. The average Bonchev–Trinajstić information content (AvgIpc) is 2.97. The van der Waals surface area contributed by atoms with Gasteiger partial charge in [-0.1, -0.05) is 0 Å². The molecule has 0 saturated heterocycles. The largest absolute Gasteiger partial charge is 0.473 e. The summed E-state index contributed by atoms with van der Waals surface area (Å²) in [5.74, 6) is -1.21. The third-order valence-corrected chi connectivity index (χ3v) is 3.69. The zero-order chi connectivity index (χ0) is 16.6. The molecule has 0 saturated carbocycles. The Bertz CT molecular complexity index is 854. The summed E-state index contributed by atoms with van der Waals surface area (Å²) in [6.45, 7) is -0.0340. The van der Waals surface area contributed by atoms with Gasteiger partial charge in [-0.25, -0.2) is 14.4 Å². The zero-order valence-electron chi connectivity index (χ0n) is 11.3. The van der Waals surface area contributed by atoms with E-state index in [1.807, 2.05) is 0 Å². The lowest BCUT2D eigenvalue weighted by molar-refractivity contribution is -0.145. The molecule has 0 aliphatic rings. The Balaban J connectivity index is 2.22. The van der Waals surface area contributed by atoms with Crippen LogP contribution in [0.2, 0.25) is 0 Å². The van der Waals surface area contributed by atoms with Crippen LogP contribution < -0.4 is 4.74 Å². The highest BCUT2D eigenvalue weighted by atomic mass is 35.5. The van der Waals surface area contributed by atoms with Crippen molar-refractivity contribution in [2.45, 2.75) is 11.6 Å². The first-order valence-corrected chi connectivity index (χ1v) is 7.29. The van der Waals surface area contributed by atoms with E-state index in [2.05, 4.69) is 20.2 Å². The van der Waals surface area contributed by atoms with Crippen molar-refractivity contribution in [2.75, 3.05) is 12.5 Å². The number of aromatic nitrogens is 5. The molecule has 3 aromatic rings. The molecule has 0 bridgehead atoms. The monoisotopic (exact) mass is 365 g/mol. The van der Waals surface area contributed by atoms with E-state index >= 15 is 0 Å². The van der Waals surface area contributed by atoms with Gasteiger partial charge < -0.3 is 4.74 Å². The molecule has 0 aliphatic carbocycles. The molecule has 0 spiro atoms. The fraction of sp³-hybridized carbons (Fsp3) is 0.333. The topological polar surface area (TPSA) is 65.2 Å². The standard InChI is InChI=1S/C12H8Cl2F3N5O/c13-4-6(14)5-23-10-9-20-21-11(12(15,16)17)22(9)8-7(19-10)2-1-3-18-8/h1-3,6H,4-5H2. The van der Waals surface area contributed by atoms with E-state index in [0.717, 1.165) is 4.40 Å². The van der Waals surface area contributed by atoms with Gasteiger partial charge in [0.2, 0.25) is 11.5 Å². The molecule has 0 aliphatic heterocycles. The molecule has 3 aromatic heterocycles. The Kier molecular flexibility index (Phi) is 4.15. The van der Waals surface area contributed by atoms with Gasteiger partial charge >= 0.3 is 6.18 Å². The lowest BCUT2D eigenvalue weighted by Crippen LogP contribution is -2.15. The third-order valence-electron chi connectivity index (χ3n) is 2.88. The molecule has 0 aromatic carbocycles. The SMILES string of the molecule is FC(F)(F)c1nnc2c(OCC(Cl)CCl)nc3cccnc3n12. The van der Waals surface area contributed by atoms with Gasteiger partial charge in [0.1, 0.15) is 12.1 Å². The van der Waals surface area contributed by atoms with E-state index in [9.17, 15) is 13.2 Å². The van der Waals surface area contributed by atoms with Crippen LogP contribution in [0.15, 0.2) is 18.3 Å². The van der Waals surface area contributed by atoms with Gasteiger partial charge in [0, 0.05) is 12.1 Å². The summed E-state index contributed by atoms with van der Waals surface area (Å²) >= 11 is 11.4. The number of hydrogen-bond donors (Lipinski definition) is 0. The Labute approximate surface area is 137 Å². The van der Waals surface area contributed by atoms with E-state index in [4.69, 9.17) is 27.9 Å². The highest BCUT2D eigenvalue weighted by Crippen LogP contribution is 2.31. The molecule has 122 valence electrons. The molecule has 1 unspecified atom stereocenters. The number of hydrogen-bond acceptors (Lipinski definition) is 5. The zero-order valence-corrected chi connectivity index (χ0v) is 12.8. The van der Waals surface area contributed by atoms with Crippen molar-refractivity contribution in [1.29, 1.82) is 0 Å². The Hall–Kier alpha value is -1.87. The molecular weight excluding hydrogens is 358 g/mol. The van der Waals surface area contributed by atoms with E-state index in [0.29, 0.717) is 0 Å². The fourth-order valence-electron chi connectivity index (χ4n) is 1.93. The van der Waals surface area contributed by atoms with E-state index in [1.54, 1.807) is 6.07 Å². The highest BCUT2D eigenvalue weighted by molar-refractivity contribution is 6.28. The number of ether oxygens (including phenoxy) is 1. The van der Waals surface area contributed by atoms with Gasteiger partial charge in [0.25, 0.3) is 5.88 Å². The predicted molar refractivity (Wildman–Crippen MR) is 76.9 cm³/mol. The van der Waals surface area contributed by atoms with Crippen molar-refractivity contribution in [3.8, 4) is 5.88 Å². The van der Waals surface area contributed by atoms with Crippen LogP contribution in [0.3, 0.4) is 0 Å². The van der Waals surface area contributed by atoms with Crippen LogP contribution in [0.5, 0.6) is 5.88 Å². The molecule has 3 rings (SSSR count). The summed E-state index contributed by atoms with van der Waals surface area (Å²) in [6.07, 6.45) is -3.35. The number of nitrogens with zero attached hydrogens (tertiary/aromatic N) is 5. The summed E-state index contributed by atoms with van der Waals surface area (Å²) in [4.78, 5) is 8.05. The van der Waals surface area contributed by atoms with Crippen molar-refractivity contribution < 1.29 is 17.9 Å². The van der Waals surface area contributed by atoms with Crippen molar-refractivity contribution >= 4 is 40.0 Å². The number of pyridine rings is 1. The third kappa shape index (κ3) is 2.98. The van der Waals surface area contributed by atoms with Crippen LogP contribution in [-0.4, -0.2) is 42.4 Å². The summed E-state index contributed by atoms with van der Waals surface area (Å²) in [5.41, 5.74) is -0.00815. The van der Waals surface area contributed by atoms with E-state index in [1.165, 1.54) is 12.3 Å². The second kappa shape index (κ2) is 5.97.